The summed E-state index contributed by atoms with van der Waals surface area (Å²) in [6.07, 6.45) is 3.56. The van der Waals surface area contributed by atoms with Crippen LogP contribution in [0.25, 0.3) is 0 Å². The Morgan fingerprint density at radius 2 is 2.14 bits per heavy atom. The number of nitrogens with zero attached hydrogens (tertiary/aromatic N) is 3. The van der Waals surface area contributed by atoms with Crippen molar-refractivity contribution in [2.45, 2.75) is 53.0 Å². The second-order valence-corrected chi connectivity index (χ2v) is 6.34. The number of hydrogen-bond acceptors (Lipinski definition) is 4. The van der Waals surface area contributed by atoms with Gasteiger partial charge >= 0.3 is 0 Å². The Morgan fingerprint density at radius 3 is 2.67 bits per heavy atom. The van der Waals surface area contributed by atoms with Crippen molar-refractivity contribution >= 4 is 11.5 Å². The van der Waals surface area contributed by atoms with E-state index in [-0.39, 0.29) is 5.84 Å². The van der Waals surface area contributed by atoms with E-state index in [2.05, 4.69) is 35.0 Å². The van der Waals surface area contributed by atoms with Gasteiger partial charge < -0.3 is 15.8 Å². The predicted octanol–water partition coefficient (Wildman–Crippen LogP) is 2.81. The van der Waals surface area contributed by atoms with Crippen LogP contribution in [-0.4, -0.2) is 28.6 Å². The molecule has 21 heavy (non-hydrogen) atoms. The van der Waals surface area contributed by atoms with Crippen molar-refractivity contribution in [2.75, 3.05) is 11.4 Å². The summed E-state index contributed by atoms with van der Waals surface area (Å²) in [6, 6.07) is 2.63. The highest BCUT2D eigenvalue weighted by Gasteiger charge is 2.31. The van der Waals surface area contributed by atoms with Gasteiger partial charge in [-0.2, -0.15) is 0 Å². The van der Waals surface area contributed by atoms with Crippen molar-refractivity contribution in [3.8, 4) is 0 Å². The average molecular weight is 290 g/mol. The molecule has 3 N–H and O–H groups in total. The number of rotatable bonds is 6. The van der Waals surface area contributed by atoms with E-state index >= 15 is 0 Å². The summed E-state index contributed by atoms with van der Waals surface area (Å²) in [5, 5.41) is 12.3. The Bertz CT molecular complexity index is 535. The molecule has 2 rings (SSSR count). The molecule has 1 aliphatic carbocycles. The number of amidine groups is 1. The summed E-state index contributed by atoms with van der Waals surface area (Å²) in [4.78, 5) is 6.87. The molecule has 0 aliphatic heterocycles. The van der Waals surface area contributed by atoms with Crippen LogP contribution in [0.4, 0.5) is 5.69 Å². The third kappa shape index (κ3) is 3.65. The smallest absolute Gasteiger partial charge is 0.174 e. The van der Waals surface area contributed by atoms with E-state index in [4.69, 9.17) is 10.9 Å². The lowest BCUT2D eigenvalue weighted by Crippen LogP contribution is -2.31. The third-order valence-electron chi connectivity index (χ3n) is 3.92. The summed E-state index contributed by atoms with van der Waals surface area (Å²) < 4.78 is 0. The van der Waals surface area contributed by atoms with Crippen LogP contribution in [0.15, 0.2) is 11.2 Å². The van der Waals surface area contributed by atoms with Crippen LogP contribution in [0.2, 0.25) is 0 Å². The molecule has 0 saturated heterocycles. The highest BCUT2D eigenvalue weighted by Crippen LogP contribution is 2.35. The molecule has 1 fully saturated rings. The van der Waals surface area contributed by atoms with E-state index in [1.54, 1.807) is 0 Å². The van der Waals surface area contributed by atoms with E-state index < -0.39 is 0 Å². The lowest BCUT2D eigenvalue weighted by Gasteiger charge is -2.28. The van der Waals surface area contributed by atoms with Gasteiger partial charge in [0.25, 0.3) is 0 Å². The van der Waals surface area contributed by atoms with Crippen molar-refractivity contribution in [3.05, 3.63) is 23.0 Å². The second-order valence-electron chi connectivity index (χ2n) is 6.34. The zero-order valence-corrected chi connectivity index (χ0v) is 13.4. The highest BCUT2D eigenvalue weighted by atomic mass is 16.4. The van der Waals surface area contributed by atoms with Crippen LogP contribution in [0, 0.1) is 19.8 Å². The fourth-order valence-corrected chi connectivity index (χ4v) is 2.68. The molecule has 116 valence electrons. The first-order chi connectivity index (χ1) is 9.93. The number of oxime groups is 1. The third-order valence-corrected chi connectivity index (χ3v) is 3.92. The van der Waals surface area contributed by atoms with Crippen LogP contribution >= 0.6 is 0 Å². The number of anilines is 1. The molecular formula is C16H26N4O. The monoisotopic (exact) mass is 290 g/mol. The summed E-state index contributed by atoms with van der Waals surface area (Å²) in [6.45, 7) is 9.37. The predicted molar refractivity (Wildman–Crippen MR) is 86.0 cm³/mol. The molecule has 0 radical (unpaired) electrons. The van der Waals surface area contributed by atoms with Gasteiger partial charge in [0.15, 0.2) is 5.84 Å². The summed E-state index contributed by atoms with van der Waals surface area (Å²) in [5.41, 5.74) is 9.49. The van der Waals surface area contributed by atoms with Crippen LogP contribution in [0.5, 0.6) is 0 Å². The maximum atomic E-state index is 9.08. The van der Waals surface area contributed by atoms with E-state index in [1.807, 2.05) is 13.8 Å². The van der Waals surface area contributed by atoms with Crippen LogP contribution < -0.4 is 10.6 Å². The van der Waals surface area contributed by atoms with Gasteiger partial charge in [-0.05, 0) is 45.1 Å². The van der Waals surface area contributed by atoms with Gasteiger partial charge in [-0.1, -0.05) is 19.0 Å². The van der Waals surface area contributed by atoms with E-state index in [0.717, 1.165) is 35.6 Å². The first kappa shape index (κ1) is 15.6. The molecular weight excluding hydrogens is 264 g/mol. The van der Waals surface area contributed by atoms with Crippen LogP contribution in [-0.2, 0) is 0 Å². The minimum atomic E-state index is 0.144. The van der Waals surface area contributed by atoms with Crippen molar-refractivity contribution in [1.82, 2.24) is 4.98 Å². The zero-order chi connectivity index (χ0) is 15.6. The molecule has 0 aromatic carbocycles. The minimum Gasteiger partial charge on any atom is -0.409 e. The molecule has 1 saturated carbocycles. The Morgan fingerprint density at radius 1 is 1.48 bits per heavy atom. The molecule has 0 unspecified atom stereocenters. The number of nitrogens with two attached hydrogens (primary N) is 1. The normalized spacial score (nSPS) is 15.6. The summed E-state index contributed by atoms with van der Waals surface area (Å²) >= 11 is 0. The van der Waals surface area contributed by atoms with Crippen LogP contribution in [0.3, 0.4) is 0 Å². The molecule has 1 aromatic heterocycles. The fourth-order valence-electron chi connectivity index (χ4n) is 2.68. The lowest BCUT2D eigenvalue weighted by molar-refractivity contribution is 0.318. The Kier molecular flexibility index (Phi) is 4.70. The number of hydrogen-bond donors (Lipinski definition) is 2. The number of aromatic nitrogens is 1. The fraction of sp³-hybridized carbons (Fsp3) is 0.625. The topological polar surface area (TPSA) is 74.7 Å². The Labute approximate surface area is 126 Å². The quantitative estimate of drug-likeness (QED) is 0.365. The molecule has 5 heteroatoms. The van der Waals surface area contributed by atoms with Gasteiger partial charge in [-0.15, -0.1) is 0 Å². The first-order valence-corrected chi connectivity index (χ1v) is 7.66. The molecule has 1 heterocycles. The molecule has 0 atom stereocenters. The average Bonchev–Trinajstić information content (AvgIpc) is 3.22. The van der Waals surface area contributed by atoms with Gasteiger partial charge in [0.05, 0.1) is 16.9 Å². The standard InChI is InChI=1S/C16H26N4O/c1-10(2)7-8-20(13-5-6-13)14-9-11(3)18-12(4)15(14)16(17)19-21/h9-10,13,21H,5-8H2,1-4H3,(H2,17,19). The Balaban J connectivity index is 2.43. The van der Waals surface area contributed by atoms with Gasteiger partial charge in [0.1, 0.15) is 0 Å². The van der Waals surface area contributed by atoms with E-state index in [9.17, 15) is 0 Å². The van der Waals surface area contributed by atoms with Crippen molar-refractivity contribution in [3.63, 3.8) is 0 Å². The van der Waals surface area contributed by atoms with Crippen molar-refractivity contribution < 1.29 is 5.21 Å². The molecule has 1 aromatic rings. The maximum Gasteiger partial charge on any atom is 0.174 e. The molecule has 0 bridgehead atoms. The van der Waals surface area contributed by atoms with Gasteiger partial charge in [-0.3, -0.25) is 4.98 Å². The number of pyridine rings is 1. The van der Waals surface area contributed by atoms with Crippen LogP contribution in [0.1, 0.15) is 50.1 Å². The summed E-state index contributed by atoms with van der Waals surface area (Å²) in [5.74, 6) is 0.799. The highest BCUT2D eigenvalue weighted by molar-refractivity contribution is 6.03. The maximum absolute atomic E-state index is 9.08. The molecule has 1 aliphatic rings. The molecule has 5 nitrogen and oxygen atoms in total. The number of aryl methyl sites for hydroxylation is 2. The Hall–Kier alpha value is -1.78. The van der Waals surface area contributed by atoms with Crippen molar-refractivity contribution in [1.29, 1.82) is 0 Å². The minimum absolute atomic E-state index is 0.144. The van der Waals surface area contributed by atoms with E-state index in [1.165, 1.54) is 12.8 Å². The second kappa shape index (κ2) is 6.33. The first-order valence-electron chi connectivity index (χ1n) is 7.66. The van der Waals surface area contributed by atoms with Crippen molar-refractivity contribution in [2.24, 2.45) is 16.8 Å². The van der Waals surface area contributed by atoms with Gasteiger partial charge in [0, 0.05) is 18.3 Å². The summed E-state index contributed by atoms with van der Waals surface area (Å²) in [7, 11) is 0. The zero-order valence-electron chi connectivity index (χ0n) is 13.4. The largest absolute Gasteiger partial charge is 0.409 e. The van der Waals surface area contributed by atoms with E-state index in [0.29, 0.717) is 12.0 Å². The molecule has 0 amide bonds. The van der Waals surface area contributed by atoms with Gasteiger partial charge in [0.2, 0.25) is 0 Å². The lowest BCUT2D eigenvalue weighted by atomic mass is 10.1. The van der Waals surface area contributed by atoms with Gasteiger partial charge in [-0.25, -0.2) is 0 Å². The SMILES string of the molecule is Cc1cc(N(CCC(C)C)C2CC2)c(/C(N)=N/O)c(C)n1. The molecule has 0 spiro atoms.